The van der Waals surface area contributed by atoms with Crippen LogP contribution >= 0.6 is 11.3 Å². The van der Waals surface area contributed by atoms with E-state index in [1.807, 2.05) is 5.48 Å². The first kappa shape index (κ1) is 19.1. The van der Waals surface area contributed by atoms with Crippen molar-refractivity contribution in [2.75, 3.05) is 13.6 Å². The van der Waals surface area contributed by atoms with E-state index in [2.05, 4.69) is 0 Å². The molecule has 2 aromatic rings. The van der Waals surface area contributed by atoms with Crippen LogP contribution in [0.15, 0.2) is 34.5 Å². The Morgan fingerprint density at radius 3 is 2.65 bits per heavy atom. The highest BCUT2D eigenvalue weighted by Gasteiger charge is 2.35. The Morgan fingerprint density at radius 2 is 2.00 bits per heavy atom. The van der Waals surface area contributed by atoms with Crippen molar-refractivity contribution in [3.8, 4) is 0 Å². The molecular formula is C17H19FN2O4S2. The number of benzene rings is 1. The van der Waals surface area contributed by atoms with Crippen molar-refractivity contribution < 1.29 is 22.8 Å². The van der Waals surface area contributed by atoms with Crippen molar-refractivity contribution in [2.45, 2.75) is 30.2 Å². The quantitative estimate of drug-likeness (QED) is 0.729. The van der Waals surface area contributed by atoms with E-state index in [1.165, 1.54) is 28.9 Å². The highest BCUT2D eigenvalue weighted by atomic mass is 32.2. The Kier molecular flexibility index (Phi) is 5.54. The second-order valence-electron chi connectivity index (χ2n) is 6.17. The van der Waals surface area contributed by atoms with Gasteiger partial charge in [0.1, 0.15) is 11.9 Å². The van der Waals surface area contributed by atoms with Crippen molar-refractivity contribution in [1.82, 2.24) is 9.79 Å². The normalized spacial score (nSPS) is 17.5. The summed E-state index contributed by atoms with van der Waals surface area (Å²) in [6.07, 6.45) is 0.988. The maximum atomic E-state index is 13.0. The molecular weight excluding hydrogens is 379 g/mol. The number of hydrogen-bond donors (Lipinski definition) is 2. The number of hydroxylamine groups is 1. The van der Waals surface area contributed by atoms with Gasteiger partial charge in [-0.05, 0) is 36.1 Å². The topological polar surface area (TPSA) is 86.7 Å². The number of rotatable bonds is 6. The number of likely N-dealkylation sites (N-methyl/N-ethyl adjacent to an activating group) is 1. The fourth-order valence-corrected chi connectivity index (χ4v) is 5.92. The van der Waals surface area contributed by atoms with Crippen LogP contribution in [0.3, 0.4) is 0 Å². The molecule has 1 aromatic carbocycles. The van der Waals surface area contributed by atoms with E-state index in [-0.39, 0.29) is 29.5 Å². The van der Waals surface area contributed by atoms with Gasteiger partial charge in [0.25, 0.3) is 0 Å². The molecule has 3 rings (SSSR count). The first-order valence-corrected chi connectivity index (χ1v) is 10.4. The van der Waals surface area contributed by atoms with Crippen molar-refractivity contribution in [3.63, 3.8) is 0 Å². The average molecular weight is 398 g/mol. The van der Waals surface area contributed by atoms with Crippen LogP contribution in [-0.4, -0.2) is 37.3 Å². The zero-order valence-electron chi connectivity index (χ0n) is 14.1. The van der Waals surface area contributed by atoms with Gasteiger partial charge in [-0.15, -0.1) is 11.3 Å². The van der Waals surface area contributed by atoms with Crippen LogP contribution in [0, 0.1) is 5.82 Å². The van der Waals surface area contributed by atoms with Gasteiger partial charge in [0, 0.05) is 30.3 Å². The van der Waals surface area contributed by atoms with E-state index in [0.29, 0.717) is 23.3 Å². The lowest BCUT2D eigenvalue weighted by atomic mass is 9.94. The molecule has 1 heterocycles. The molecule has 140 valence electrons. The molecule has 9 heteroatoms. The van der Waals surface area contributed by atoms with Crippen molar-refractivity contribution >= 4 is 27.1 Å². The molecule has 0 aliphatic heterocycles. The van der Waals surface area contributed by atoms with E-state index in [0.717, 1.165) is 16.9 Å². The fraction of sp³-hybridized carbons (Fsp3) is 0.353. The van der Waals surface area contributed by atoms with E-state index >= 15 is 0 Å². The molecule has 0 amide bonds. The van der Waals surface area contributed by atoms with Crippen LogP contribution < -0.4 is 5.48 Å². The summed E-state index contributed by atoms with van der Waals surface area (Å²) in [7, 11) is -2.22. The van der Waals surface area contributed by atoms with Gasteiger partial charge in [0.05, 0.1) is 4.90 Å². The number of thiophene rings is 1. The van der Waals surface area contributed by atoms with Crippen molar-refractivity contribution in [2.24, 2.45) is 0 Å². The first-order chi connectivity index (χ1) is 12.3. The van der Waals surface area contributed by atoms with E-state index < -0.39 is 16.1 Å². The number of sulfonamides is 1. The van der Waals surface area contributed by atoms with Gasteiger partial charge in [-0.1, -0.05) is 12.1 Å². The first-order valence-electron chi connectivity index (χ1n) is 8.08. The lowest BCUT2D eigenvalue weighted by molar-refractivity contribution is -0.124. The van der Waals surface area contributed by atoms with Crippen LogP contribution in [-0.2, 0) is 27.7 Å². The molecule has 2 N–H and O–H groups in total. The maximum Gasteiger partial charge on any atom is 0.243 e. The standard InChI is InChI=1S/C17H19FN2O4S2/c1-20(9-8-11-2-4-12(18)5-3-11)26(23,24)15-10-25-17-13(15)6-7-14(21)16(17)19-22/h2-5,10,16,19,22H,6-9H2,1H3. The van der Waals surface area contributed by atoms with Crippen LogP contribution in [0.4, 0.5) is 4.39 Å². The smallest absolute Gasteiger partial charge is 0.243 e. The predicted octanol–water partition coefficient (Wildman–Crippen LogP) is 2.29. The van der Waals surface area contributed by atoms with Gasteiger partial charge < -0.3 is 5.21 Å². The number of carbonyl (C=O) groups is 1. The molecule has 0 fully saturated rings. The molecule has 0 bridgehead atoms. The van der Waals surface area contributed by atoms with E-state index in [4.69, 9.17) is 0 Å². The van der Waals surface area contributed by atoms with Gasteiger partial charge in [0.2, 0.25) is 10.0 Å². The Morgan fingerprint density at radius 1 is 1.31 bits per heavy atom. The number of hydrogen-bond acceptors (Lipinski definition) is 6. The number of Topliss-reactive ketones (excluding diaryl/α,β-unsaturated/α-hetero) is 1. The molecule has 6 nitrogen and oxygen atoms in total. The van der Waals surface area contributed by atoms with Gasteiger partial charge in [0.15, 0.2) is 5.78 Å². The maximum absolute atomic E-state index is 13.0. The minimum Gasteiger partial charge on any atom is -0.316 e. The highest BCUT2D eigenvalue weighted by molar-refractivity contribution is 7.89. The largest absolute Gasteiger partial charge is 0.316 e. The summed E-state index contributed by atoms with van der Waals surface area (Å²) in [5.41, 5.74) is 3.41. The van der Waals surface area contributed by atoms with Crippen LogP contribution in [0.5, 0.6) is 0 Å². The molecule has 0 spiro atoms. The Hall–Kier alpha value is -1.65. The third-order valence-corrected chi connectivity index (χ3v) is 7.70. The second-order valence-corrected chi connectivity index (χ2v) is 9.10. The summed E-state index contributed by atoms with van der Waals surface area (Å²) in [5, 5.41) is 10.7. The number of nitrogens with zero attached hydrogens (tertiary/aromatic N) is 1. The molecule has 26 heavy (non-hydrogen) atoms. The molecule has 1 unspecified atom stereocenters. The SMILES string of the molecule is CN(CCc1ccc(F)cc1)S(=O)(=O)c1csc2c1CCC(=O)C2NO. The number of carbonyl (C=O) groups excluding carboxylic acids is 1. The lowest BCUT2D eigenvalue weighted by Crippen LogP contribution is -2.32. The van der Waals surface area contributed by atoms with E-state index in [1.54, 1.807) is 12.1 Å². The van der Waals surface area contributed by atoms with Gasteiger partial charge in [-0.2, -0.15) is 5.48 Å². The summed E-state index contributed by atoms with van der Waals surface area (Å²) < 4.78 is 40.1. The highest BCUT2D eigenvalue weighted by Crippen LogP contribution is 2.37. The van der Waals surface area contributed by atoms with Gasteiger partial charge in [-0.25, -0.2) is 17.1 Å². The fourth-order valence-electron chi connectivity index (χ4n) is 2.98. The average Bonchev–Trinajstić information content (AvgIpc) is 3.05. The molecule has 0 radical (unpaired) electrons. The minimum absolute atomic E-state index is 0.157. The lowest BCUT2D eigenvalue weighted by Gasteiger charge is -2.22. The summed E-state index contributed by atoms with van der Waals surface area (Å²) in [6, 6.07) is 5.09. The molecule has 1 aliphatic rings. The van der Waals surface area contributed by atoms with Gasteiger partial charge in [-0.3, -0.25) is 4.79 Å². The second kappa shape index (κ2) is 7.53. The Balaban J connectivity index is 1.80. The van der Waals surface area contributed by atoms with Crippen molar-refractivity contribution in [3.05, 3.63) is 51.5 Å². The molecule has 1 aromatic heterocycles. The Bertz CT molecular complexity index is 909. The predicted molar refractivity (Wildman–Crippen MR) is 95.2 cm³/mol. The van der Waals surface area contributed by atoms with Crippen molar-refractivity contribution in [1.29, 1.82) is 0 Å². The van der Waals surface area contributed by atoms with Gasteiger partial charge >= 0.3 is 0 Å². The summed E-state index contributed by atoms with van der Waals surface area (Å²) in [4.78, 5) is 12.6. The number of nitrogens with one attached hydrogen (secondary N) is 1. The molecule has 0 saturated heterocycles. The van der Waals surface area contributed by atoms with Crippen LogP contribution in [0.2, 0.25) is 0 Å². The van der Waals surface area contributed by atoms with E-state index in [9.17, 15) is 22.8 Å². The summed E-state index contributed by atoms with van der Waals surface area (Å²) in [6.45, 7) is 0.249. The van der Waals surface area contributed by atoms with Crippen LogP contribution in [0.1, 0.15) is 28.5 Å². The zero-order chi connectivity index (χ0) is 18.9. The number of ketones is 1. The summed E-state index contributed by atoms with van der Waals surface area (Å²) >= 11 is 1.16. The Labute approximate surface area is 155 Å². The zero-order valence-corrected chi connectivity index (χ0v) is 15.7. The monoisotopic (exact) mass is 398 g/mol. The molecule has 1 atom stereocenters. The number of fused-ring (bicyclic) bond motifs is 1. The third-order valence-electron chi connectivity index (χ3n) is 4.54. The number of halogens is 1. The summed E-state index contributed by atoms with van der Waals surface area (Å²) in [5.74, 6) is -0.489. The molecule has 1 aliphatic carbocycles. The van der Waals surface area contributed by atoms with Crippen LogP contribution in [0.25, 0.3) is 0 Å². The third kappa shape index (κ3) is 3.58. The molecule has 0 saturated carbocycles. The minimum atomic E-state index is -3.72.